The highest BCUT2D eigenvalue weighted by molar-refractivity contribution is 4.96. The molecule has 0 unspecified atom stereocenters. The average molecular weight is 249 g/mol. The fourth-order valence-electron chi connectivity index (χ4n) is 3.63. The Balaban J connectivity index is 1.73. The predicted octanol–water partition coefficient (Wildman–Crippen LogP) is 1.54. The summed E-state index contributed by atoms with van der Waals surface area (Å²) in [7, 11) is 0. The van der Waals surface area contributed by atoms with E-state index in [1.165, 1.54) is 6.54 Å². The van der Waals surface area contributed by atoms with Crippen molar-refractivity contribution in [1.82, 2.24) is 14.7 Å². The van der Waals surface area contributed by atoms with Gasteiger partial charge >= 0.3 is 0 Å². The summed E-state index contributed by atoms with van der Waals surface area (Å²) in [5, 5.41) is 14.6. The molecule has 2 aliphatic rings. The molecule has 1 saturated carbocycles. The lowest BCUT2D eigenvalue weighted by Gasteiger charge is -2.35. The summed E-state index contributed by atoms with van der Waals surface area (Å²) >= 11 is 0. The first-order valence-corrected chi connectivity index (χ1v) is 7.06. The van der Waals surface area contributed by atoms with E-state index in [0.717, 1.165) is 25.3 Å². The van der Waals surface area contributed by atoms with E-state index < -0.39 is 0 Å². The molecule has 1 N–H and O–H groups in total. The molecule has 4 nitrogen and oxygen atoms in total. The second kappa shape index (κ2) is 4.67. The SMILES string of the molecule is CC(C)N1C[C@H]2C[C@H](O)[C@@H](n3cccn3)C[C@H]2C1. The quantitative estimate of drug-likeness (QED) is 0.864. The number of fused-ring (bicyclic) bond motifs is 1. The van der Waals surface area contributed by atoms with Crippen molar-refractivity contribution < 1.29 is 5.11 Å². The number of rotatable bonds is 2. The van der Waals surface area contributed by atoms with E-state index in [4.69, 9.17) is 0 Å². The Kier molecular flexibility index (Phi) is 3.16. The van der Waals surface area contributed by atoms with Gasteiger partial charge in [-0.05, 0) is 44.6 Å². The predicted molar refractivity (Wildman–Crippen MR) is 70.2 cm³/mol. The Labute approximate surface area is 109 Å². The molecule has 0 aromatic carbocycles. The molecule has 4 atom stereocenters. The third kappa shape index (κ3) is 2.08. The highest BCUT2D eigenvalue weighted by Gasteiger charge is 2.42. The van der Waals surface area contributed by atoms with Gasteiger partial charge in [-0.25, -0.2) is 0 Å². The Morgan fingerprint density at radius 2 is 1.94 bits per heavy atom. The average Bonchev–Trinajstić information content (AvgIpc) is 2.95. The minimum Gasteiger partial charge on any atom is -0.391 e. The van der Waals surface area contributed by atoms with Crippen molar-refractivity contribution in [3.63, 3.8) is 0 Å². The molecule has 1 aliphatic heterocycles. The number of nitrogens with zero attached hydrogens (tertiary/aromatic N) is 3. The zero-order valence-electron chi connectivity index (χ0n) is 11.2. The minimum absolute atomic E-state index is 0.174. The first-order valence-electron chi connectivity index (χ1n) is 7.06. The van der Waals surface area contributed by atoms with E-state index in [2.05, 4.69) is 23.8 Å². The molecule has 2 heterocycles. The maximum Gasteiger partial charge on any atom is 0.0781 e. The van der Waals surface area contributed by atoms with E-state index in [9.17, 15) is 5.11 Å². The maximum atomic E-state index is 10.3. The fraction of sp³-hybridized carbons (Fsp3) is 0.786. The van der Waals surface area contributed by atoms with Crippen LogP contribution in [0.5, 0.6) is 0 Å². The lowest BCUT2D eigenvalue weighted by atomic mass is 9.77. The van der Waals surface area contributed by atoms with Crippen molar-refractivity contribution in [2.24, 2.45) is 11.8 Å². The van der Waals surface area contributed by atoms with Crippen LogP contribution in [0.1, 0.15) is 32.7 Å². The van der Waals surface area contributed by atoms with Crippen LogP contribution in [0.2, 0.25) is 0 Å². The van der Waals surface area contributed by atoms with E-state index in [1.807, 2.05) is 16.9 Å². The Bertz CT molecular complexity index is 390. The molecule has 1 aromatic rings. The van der Waals surface area contributed by atoms with Crippen LogP contribution in [0.3, 0.4) is 0 Å². The van der Waals surface area contributed by atoms with E-state index in [-0.39, 0.29) is 12.1 Å². The van der Waals surface area contributed by atoms with Gasteiger partial charge in [0.1, 0.15) is 0 Å². The van der Waals surface area contributed by atoms with E-state index >= 15 is 0 Å². The van der Waals surface area contributed by atoms with Crippen LogP contribution in [0.15, 0.2) is 18.5 Å². The second-order valence-corrected chi connectivity index (χ2v) is 6.16. The van der Waals surface area contributed by atoms with Gasteiger partial charge in [-0.15, -0.1) is 0 Å². The minimum atomic E-state index is -0.238. The van der Waals surface area contributed by atoms with Crippen molar-refractivity contribution >= 4 is 0 Å². The highest BCUT2D eigenvalue weighted by atomic mass is 16.3. The molecule has 1 saturated heterocycles. The van der Waals surface area contributed by atoms with E-state index in [0.29, 0.717) is 12.0 Å². The lowest BCUT2D eigenvalue weighted by Crippen LogP contribution is -2.36. The number of hydrogen-bond acceptors (Lipinski definition) is 3. The van der Waals surface area contributed by atoms with Crippen molar-refractivity contribution in [1.29, 1.82) is 0 Å². The van der Waals surface area contributed by atoms with Gasteiger partial charge in [-0.2, -0.15) is 5.10 Å². The smallest absolute Gasteiger partial charge is 0.0781 e. The summed E-state index contributed by atoms with van der Waals surface area (Å²) < 4.78 is 1.94. The summed E-state index contributed by atoms with van der Waals surface area (Å²) in [5.74, 6) is 1.40. The Hall–Kier alpha value is -0.870. The van der Waals surface area contributed by atoms with Gasteiger partial charge in [-0.3, -0.25) is 4.68 Å². The van der Waals surface area contributed by atoms with Crippen molar-refractivity contribution in [2.45, 2.75) is 44.9 Å². The lowest BCUT2D eigenvalue weighted by molar-refractivity contribution is 0.0306. The second-order valence-electron chi connectivity index (χ2n) is 6.16. The monoisotopic (exact) mass is 249 g/mol. The summed E-state index contributed by atoms with van der Waals surface area (Å²) in [6.45, 7) is 6.87. The summed E-state index contributed by atoms with van der Waals surface area (Å²) in [5.41, 5.74) is 0. The summed E-state index contributed by atoms with van der Waals surface area (Å²) in [4.78, 5) is 2.55. The molecule has 100 valence electrons. The summed E-state index contributed by atoms with van der Waals surface area (Å²) in [6.07, 6.45) is 5.53. The summed E-state index contributed by atoms with van der Waals surface area (Å²) in [6, 6.07) is 2.73. The molecule has 0 spiro atoms. The molecular weight excluding hydrogens is 226 g/mol. The van der Waals surface area contributed by atoms with Crippen LogP contribution < -0.4 is 0 Å². The molecule has 18 heavy (non-hydrogen) atoms. The van der Waals surface area contributed by atoms with Crippen LogP contribution in [0.25, 0.3) is 0 Å². The number of hydrogen-bond donors (Lipinski definition) is 1. The highest BCUT2D eigenvalue weighted by Crippen LogP contribution is 2.41. The van der Waals surface area contributed by atoms with Crippen LogP contribution in [-0.2, 0) is 0 Å². The molecule has 0 bridgehead atoms. The third-order valence-electron chi connectivity index (χ3n) is 4.73. The van der Waals surface area contributed by atoms with Crippen LogP contribution in [0.4, 0.5) is 0 Å². The van der Waals surface area contributed by atoms with Crippen molar-refractivity contribution in [3.8, 4) is 0 Å². The molecule has 3 rings (SSSR count). The molecule has 1 aliphatic carbocycles. The fourth-order valence-corrected chi connectivity index (χ4v) is 3.63. The van der Waals surface area contributed by atoms with Crippen molar-refractivity contribution in [3.05, 3.63) is 18.5 Å². The van der Waals surface area contributed by atoms with Crippen molar-refractivity contribution in [2.75, 3.05) is 13.1 Å². The zero-order valence-corrected chi connectivity index (χ0v) is 11.2. The Morgan fingerprint density at radius 1 is 1.22 bits per heavy atom. The first kappa shape index (κ1) is 12.2. The van der Waals surface area contributed by atoms with E-state index in [1.54, 1.807) is 6.20 Å². The largest absolute Gasteiger partial charge is 0.391 e. The van der Waals surface area contributed by atoms with Gasteiger partial charge in [0, 0.05) is 31.5 Å². The molecule has 0 radical (unpaired) electrons. The molecule has 0 amide bonds. The van der Waals surface area contributed by atoms with Crippen LogP contribution in [0, 0.1) is 11.8 Å². The van der Waals surface area contributed by atoms with Gasteiger partial charge in [-0.1, -0.05) is 0 Å². The molecule has 2 fully saturated rings. The Morgan fingerprint density at radius 3 is 2.56 bits per heavy atom. The molecular formula is C14H23N3O. The van der Waals surface area contributed by atoms with Gasteiger partial charge in [0.05, 0.1) is 12.1 Å². The van der Waals surface area contributed by atoms with Gasteiger partial charge in [0.2, 0.25) is 0 Å². The number of aliphatic hydroxyl groups is 1. The van der Waals surface area contributed by atoms with Crippen LogP contribution >= 0.6 is 0 Å². The number of likely N-dealkylation sites (tertiary alicyclic amines) is 1. The molecule has 1 aromatic heterocycles. The van der Waals surface area contributed by atoms with Gasteiger partial charge in [0.15, 0.2) is 0 Å². The van der Waals surface area contributed by atoms with Crippen LogP contribution in [-0.4, -0.2) is 45.0 Å². The normalized spacial score (nSPS) is 37.1. The topological polar surface area (TPSA) is 41.3 Å². The first-order chi connectivity index (χ1) is 8.65. The maximum absolute atomic E-state index is 10.3. The number of aromatic nitrogens is 2. The number of aliphatic hydroxyl groups excluding tert-OH is 1. The van der Waals surface area contributed by atoms with Gasteiger partial charge < -0.3 is 10.0 Å². The molecule has 4 heteroatoms. The van der Waals surface area contributed by atoms with Gasteiger partial charge in [0.25, 0.3) is 0 Å². The zero-order chi connectivity index (χ0) is 12.7. The third-order valence-corrected chi connectivity index (χ3v) is 4.73. The standard InChI is InChI=1S/C14H23N3O/c1-10(2)16-8-11-6-13(17-5-3-4-15-17)14(18)7-12(11)9-16/h3-5,10-14,18H,6-9H2,1-2H3/t11-,12+,13-,14-/m0/s1.